The van der Waals surface area contributed by atoms with Crippen molar-refractivity contribution in [3.8, 4) is 0 Å². The Hall–Kier alpha value is -0.540. The molecule has 21 heavy (non-hydrogen) atoms. The zero-order valence-corrected chi connectivity index (χ0v) is 14.3. The van der Waals surface area contributed by atoms with Crippen LogP contribution in [0, 0.1) is 0 Å². The molecule has 0 aliphatic carbocycles. The average Bonchev–Trinajstić information content (AvgIpc) is 2.78. The molecule has 0 aromatic heterocycles. The molecule has 0 radical (unpaired) electrons. The number of nitrogens with zero attached hydrogens (tertiary/aromatic N) is 1. The van der Waals surface area contributed by atoms with E-state index in [9.17, 15) is 0 Å². The predicted molar refractivity (Wildman–Crippen MR) is 89.5 cm³/mol. The monoisotopic (exact) mass is 294 g/mol. The van der Waals surface area contributed by atoms with Gasteiger partial charge in [0.1, 0.15) is 5.76 Å². The molecule has 0 saturated carbocycles. The fourth-order valence-corrected chi connectivity index (χ4v) is 3.59. The van der Waals surface area contributed by atoms with Gasteiger partial charge in [-0.1, -0.05) is 19.8 Å². The van der Waals surface area contributed by atoms with Crippen molar-refractivity contribution >= 4 is 0 Å². The molecule has 1 N–H and O–H groups in total. The Bertz CT molecular complexity index is 330. The lowest BCUT2D eigenvalue weighted by Crippen LogP contribution is -2.59. The lowest BCUT2D eigenvalue weighted by atomic mass is 9.89. The number of rotatable bonds is 6. The Morgan fingerprint density at radius 1 is 1.19 bits per heavy atom. The van der Waals surface area contributed by atoms with Gasteiger partial charge in [-0.05, 0) is 71.7 Å². The maximum absolute atomic E-state index is 6.02. The van der Waals surface area contributed by atoms with Crippen molar-refractivity contribution in [2.24, 2.45) is 0 Å². The minimum absolute atomic E-state index is 0.114. The van der Waals surface area contributed by atoms with Gasteiger partial charge in [0.2, 0.25) is 0 Å². The van der Waals surface area contributed by atoms with E-state index in [1.807, 2.05) is 0 Å². The molecule has 3 heteroatoms. The second-order valence-electron chi connectivity index (χ2n) is 7.04. The van der Waals surface area contributed by atoms with Gasteiger partial charge in [-0.2, -0.15) is 0 Å². The van der Waals surface area contributed by atoms with Gasteiger partial charge in [0.15, 0.2) is 0 Å². The third kappa shape index (κ3) is 4.46. The quantitative estimate of drug-likeness (QED) is 0.808. The lowest BCUT2D eigenvalue weighted by molar-refractivity contribution is 0.0597. The lowest BCUT2D eigenvalue weighted by Gasteiger charge is -2.45. The number of ether oxygens (including phenoxy) is 1. The zero-order valence-electron chi connectivity index (χ0n) is 14.3. The van der Waals surface area contributed by atoms with Crippen molar-refractivity contribution in [1.82, 2.24) is 10.2 Å². The van der Waals surface area contributed by atoms with E-state index in [4.69, 9.17) is 4.74 Å². The highest BCUT2D eigenvalue weighted by Crippen LogP contribution is 2.29. The van der Waals surface area contributed by atoms with Gasteiger partial charge in [-0.25, -0.2) is 0 Å². The van der Waals surface area contributed by atoms with Crippen molar-refractivity contribution < 1.29 is 4.74 Å². The Balaban J connectivity index is 2.13. The first-order valence-corrected chi connectivity index (χ1v) is 8.97. The number of hydrogen-bond donors (Lipinski definition) is 1. The molecular weight excluding hydrogens is 260 g/mol. The highest BCUT2D eigenvalue weighted by atomic mass is 16.5. The van der Waals surface area contributed by atoms with E-state index < -0.39 is 0 Å². The molecule has 0 spiro atoms. The SMILES string of the molecule is CCCNC(C1=CCCCO1)C(C)(C)N1CCCCCC1. The van der Waals surface area contributed by atoms with E-state index in [0.29, 0.717) is 6.04 Å². The third-order valence-electron chi connectivity index (χ3n) is 4.97. The second-order valence-corrected chi connectivity index (χ2v) is 7.04. The highest BCUT2D eigenvalue weighted by molar-refractivity contribution is 5.14. The van der Waals surface area contributed by atoms with Crippen LogP contribution >= 0.6 is 0 Å². The summed E-state index contributed by atoms with van der Waals surface area (Å²) in [5, 5.41) is 3.76. The average molecular weight is 294 g/mol. The molecule has 0 bridgehead atoms. The minimum Gasteiger partial charge on any atom is -0.497 e. The molecule has 3 nitrogen and oxygen atoms in total. The summed E-state index contributed by atoms with van der Waals surface area (Å²) < 4.78 is 6.02. The predicted octanol–water partition coefficient (Wildman–Crippen LogP) is 3.70. The second kappa shape index (κ2) is 8.19. The van der Waals surface area contributed by atoms with Crippen molar-refractivity contribution in [1.29, 1.82) is 0 Å². The van der Waals surface area contributed by atoms with Crippen LogP contribution in [0.4, 0.5) is 0 Å². The molecule has 1 fully saturated rings. The number of nitrogens with one attached hydrogen (secondary N) is 1. The standard InChI is InChI=1S/C18H34N2O/c1-4-12-19-17(16-11-7-10-15-21-16)18(2,3)20-13-8-5-6-9-14-20/h11,17,19H,4-10,12-15H2,1-3H3. The molecule has 2 heterocycles. The third-order valence-corrected chi connectivity index (χ3v) is 4.97. The summed E-state index contributed by atoms with van der Waals surface area (Å²) in [5.74, 6) is 1.18. The van der Waals surface area contributed by atoms with Gasteiger partial charge in [-0.3, -0.25) is 4.90 Å². The Labute approximate surface area is 131 Å². The number of likely N-dealkylation sites (tertiary alicyclic amines) is 1. The Morgan fingerprint density at radius 2 is 1.90 bits per heavy atom. The molecule has 1 unspecified atom stereocenters. The van der Waals surface area contributed by atoms with Crippen LogP contribution in [-0.4, -0.2) is 42.7 Å². The first-order valence-electron chi connectivity index (χ1n) is 8.97. The van der Waals surface area contributed by atoms with E-state index in [-0.39, 0.29) is 5.54 Å². The van der Waals surface area contributed by atoms with Crippen molar-refractivity contribution in [3.63, 3.8) is 0 Å². The van der Waals surface area contributed by atoms with Crippen LogP contribution in [0.1, 0.15) is 65.7 Å². The van der Waals surface area contributed by atoms with Gasteiger partial charge in [0.05, 0.1) is 12.6 Å². The first kappa shape index (κ1) is 16.8. The van der Waals surface area contributed by atoms with Gasteiger partial charge in [0, 0.05) is 5.54 Å². The summed E-state index contributed by atoms with van der Waals surface area (Å²) in [6.07, 6.45) is 11.3. The summed E-state index contributed by atoms with van der Waals surface area (Å²) in [6.45, 7) is 11.4. The highest BCUT2D eigenvalue weighted by Gasteiger charge is 2.38. The summed E-state index contributed by atoms with van der Waals surface area (Å²) in [7, 11) is 0. The molecule has 1 atom stereocenters. The van der Waals surface area contributed by atoms with Crippen LogP contribution in [0.2, 0.25) is 0 Å². The first-order chi connectivity index (χ1) is 10.2. The summed E-state index contributed by atoms with van der Waals surface area (Å²) >= 11 is 0. The summed E-state index contributed by atoms with van der Waals surface area (Å²) in [5.41, 5.74) is 0.114. The molecular formula is C18H34N2O. The van der Waals surface area contributed by atoms with Gasteiger partial charge in [0.25, 0.3) is 0 Å². The van der Waals surface area contributed by atoms with Crippen molar-refractivity contribution in [2.75, 3.05) is 26.2 Å². The zero-order chi connectivity index (χ0) is 15.1. The largest absolute Gasteiger partial charge is 0.497 e. The summed E-state index contributed by atoms with van der Waals surface area (Å²) in [6, 6.07) is 0.316. The fraction of sp³-hybridized carbons (Fsp3) is 0.889. The molecule has 2 aliphatic rings. The van der Waals surface area contributed by atoms with E-state index in [0.717, 1.165) is 26.0 Å². The van der Waals surface area contributed by atoms with Crippen LogP contribution in [-0.2, 0) is 4.74 Å². The Kier molecular flexibility index (Phi) is 6.56. The molecule has 2 aliphatic heterocycles. The van der Waals surface area contributed by atoms with Crippen LogP contribution in [0.3, 0.4) is 0 Å². The molecule has 0 amide bonds. The van der Waals surface area contributed by atoms with Crippen molar-refractivity contribution in [3.05, 3.63) is 11.8 Å². The van der Waals surface area contributed by atoms with E-state index >= 15 is 0 Å². The fourth-order valence-electron chi connectivity index (χ4n) is 3.59. The number of allylic oxidation sites excluding steroid dienone is 1. The maximum Gasteiger partial charge on any atom is 0.111 e. The van der Waals surface area contributed by atoms with Crippen LogP contribution in [0.25, 0.3) is 0 Å². The topological polar surface area (TPSA) is 24.5 Å². The normalized spacial score (nSPS) is 23.1. The molecule has 1 saturated heterocycles. The minimum atomic E-state index is 0.114. The van der Waals surface area contributed by atoms with E-state index in [2.05, 4.69) is 37.1 Å². The smallest absolute Gasteiger partial charge is 0.111 e. The van der Waals surface area contributed by atoms with Crippen LogP contribution in [0.5, 0.6) is 0 Å². The molecule has 122 valence electrons. The summed E-state index contributed by atoms with van der Waals surface area (Å²) in [4.78, 5) is 2.69. The van der Waals surface area contributed by atoms with Crippen molar-refractivity contribution in [2.45, 2.75) is 77.3 Å². The maximum atomic E-state index is 6.02. The Morgan fingerprint density at radius 3 is 2.48 bits per heavy atom. The molecule has 0 aromatic carbocycles. The van der Waals surface area contributed by atoms with Gasteiger partial charge < -0.3 is 10.1 Å². The molecule has 0 aromatic rings. The van der Waals surface area contributed by atoms with Crippen LogP contribution < -0.4 is 5.32 Å². The number of hydrogen-bond acceptors (Lipinski definition) is 3. The van der Waals surface area contributed by atoms with Gasteiger partial charge >= 0.3 is 0 Å². The van der Waals surface area contributed by atoms with E-state index in [1.165, 1.54) is 51.0 Å². The van der Waals surface area contributed by atoms with E-state index in [1.54, 1.807) is 0 Å². The van der Waals surface area contributed by atoms with Crippen LogP contribution in [0.15, 0.2) is 11.8 Å². The molecule has 2 rings (SSSR count). The van der Waals surface area contributed by atoms with Gasteiger partial charge in [-0.15, -0.1) is 0 Å².